The van der Waals surface area contributed by atoms with E-state index in [4.69, 9.17) is 11.6 Å². The number of hydrogen-bond donors (Lipinski definition) is 2. The Labute approximate surface area is 158 Å². The minimum atomic E-state index is -3.66. The van der Waals surface area contributed by atoms with Crippen LogP contribution in [0.25, 0.3) is 10.8 Å². The highest BCUT2D eigenvalue weighted by Gasteiger charge is 2.41. The Bertz CT molecular complexity index is 1070. The number of rotatable bonds is 4. The second kappa shape index (κ2) is 6.35. The topological polar surface area (TPSA) is 50.6 Å². The number of likely N-dealkylation sites (N-methyl/N-ethyl adjacent to an activating group) is 1. The summed E-state index contributed by atoms with van der Waals surface area (Å²) in [7, 11) is 0.446. The van der Waals surface area contributed by atoms with Gasteiger partial charge in [-0.25, -0.2) is 8.42 Å². The molecule has 26 heavy (non-hydrogen) atoms. The zero-order chi connectivity index (χ0) is 18.5. The summed E-state index contributed by atoms with van der Waals surface area (Å²) in [6.07, 6.45) is 0. The first-order chi connectivity index (χ1) is 12.4. The van der Waals surface area contributed by atoms with Crippen LogP contribution in [-0.2, 0) is 10.0 Å². The normalized spacial score (nSPS) is 19.4. The molecule has 0 bridgehead atoms. The number of quaternary nitrogens is 1. The molecule has 6 heteroatoms. The maximum absolute atomic E-state index is 13.0. The minimum absolute atomic E-state index is 0.0122. The van der Waals surface area contributed by atoms with Crippen LogP contribution in [0.1, 0.15) is 23.2 Å². The maximum Gasteiger partial charge on any atom is 0.241 e. The fourth-order valence-corrected chi connectivity index (χ4v) is 5.26. The smallest absolute Gasteiger partial charge is 0.241 e. The Hall–Kier alpha value is -1.92. The molecule has 0 aromatic heterocycles. The van der Waals surface area contributed by atoms with Gasteiger partial charge in [-0.2, -0.15) is 4.72 Å². The van der Waals surface area contributed by atoms with E-state index in [0.29, 0.717) is 5.02 Å². The standard InChI is InChI=1S/C20H19ClN2O2S/c1-23(2)20-17-8-4-6-13-5-3-7-16(18(13)17)19(20)22-26(24,25)15-11-9-14(21)10-12-15/h3-12,19-20,22H,1-2H3/p+1/t19-,20+/m1/s1. The van der Waals surface area contributed by atoms with Crippen molar-refractivity contribution >= 4 is 32.4 Å². The van der Waals surface area contributed by atoms with Crippen molar-refractivity contribution in [3.63, 3.8) is 0 Å². The van der Waals surface area contributed by atoms with Crippen LogP contribution in [0, 0.1) is 0 Å². The highest BCUT2D eigenvalue weighted by Crippen LogP contribution is 2.43. The Kier molecular flexibility index (Phi) is 4.28. The second-order valence-electron chi connectivity index (χ2n) is 6.90. The molecule has 134 valence electrons. The molecule has 2 N–H and O–H groups in total. The van der Waals surface area contributed by atoms with Crippen LogP contribution >= 0.6 is 11.6 Å². The molecule has 0 fully saturated rings. The summed E-state index contributed by atoms with van der Waals surface area (Å²) in [6.45, 7) is 0. The monoisotopic (exact) mass is 387 g/mol. The van der Waals surface area contributed by atoms with Crippen molar-refractivity contribution in [3.05, 3.63) is 76.8 Å². The third-order valence-electron chi connectivity index (χ3n) is 5.00. The van der Waals surface area contributed by atoms with E-state index in [2.05, 4.69) is 37.0 Å². The van der Waals surface area contributed by atoms with Gasteiger partial charge in [0.05, 0.1) is 19.0 Å². The summed E-state index contributed by atoms with van der Waals surface area (Å²) in [5, 5.41) is 2.81. The number of halogens is 1. The van der Waals surface area contributed by atoms with Crippen LogP contribution in [-0.4, -0.2) is 22.5 Å². The van der Waals surface area contributed by atoms with Gasteiger partial charge in [0.15, 0.2) is 0 Å². The molecule has 0 unspecified atom stereocenters. The molecule has 3 aromatic carbocycles. The van der Waals surface area contributed by atoms with E-state index >= 15 is 0 Å². The molecule has 0 aliphatic heterocycles. The molecule has 0 saturated carbocycles. The number of nitrogens with one attached hydrogen (secondary N) is 2. The lowest BCUT2D eigenvalue weighted by atomic mass is 10.0. The predicted octanol–water partition coefficient (Wildman–Crippen LogP) is 2.71. The average Bonchev–Trinajstić information content (AvgIpc) is 2.91. The number of benzene rings is 3. The zero-order valence-electron chi connectivity index (χ0n) is 14.5. The van der Waals surface area contributed by atoms with Crippen molar-refractivity contribution in [1.82, 2.24) is 4.72 Å². The van der Waals surface area contributed by atoms with Crippen LogP contribution in [0.2, 0.25) is 5.02 Å². The summed E-state index contributed by atoms with van der Waals surface area (Å²) in [5.41, 5.74) is 2.21. The molecule has 0 heterocycles. The first-order valence-corrected chi connectivity index (χ1v) is 10.3. The molecule has 2 atom stereocenters. The second-order valence-corrected chi connectivity index (χ2v) is 9.05. The molecule has 3 aromatic rings. The van der Waals surface area contributed by atoms with Crippen molar-refractivity contribution < 1.29 is 13.3 Å². The minimum Gasteiger partial charge on any atom is -0.332 e. The van der Waals surface area contributed by atoms with Gasteiger partial charge < -0.3 is 4.90 Å². The van der Waals surface area contributed by atoms with Gasteiger partial charge in [-0.1, -0.05) is 48.0 Å². The SMILES string of the molecule is C[NH+](C)[C@H]1c2cccc3cccc(c23)[C@H]1NS(=O)(=O)c1ccc(Cl)cc1. The Morgan fingerprint density at radius 1 is 0.923 bits per heavy atom. The van der Waals surface area contributed by atoms with E-state index in [-0.39, 0.29) is 17.0 Å². The molecule has 0 saturated heterocycles. The van der Waals surface area contributed by atoms with Gasteiger partial charge in [-0.05, 0) is 40.6 Å². The molecule has 0 radical (unpaired) electrons. The van der Waals surface area contributed by atoms with Gasteiger partial charge in [0, 0.05) is 10.6 Å². The van der Waals surface area contributed by atoms with E-state index in [0.717, 1.165) is 16.3 Å². The van der Waals surface area contributed by atoms with Crippen molar-refractivity contribution in [1.29, 1.82) is 0 Å². The first-order valence-electron chi connectivity index (χ1n) is 8.48. The van der Waals surface area contributed by atoms with E-state index in [1.807, 2.05) is 18.2 Å². The van der Waals surface area contributed by atoms with Crippen molar-refractivity contribution in [2.75, 3.05) is 14.1 Å². The molecule has 1 aliphatic rings. The molecule has 4 rings (SSSR count). The van der Waals surface area contributed by atoms with E-state index in [1.54, 1.807) is 12.1 Å². The van der Waals surface area contributed by atoms with Crippen molar-refractivity contribution in [2.24, 2.45) is 0 Å². The van der Waals surface area contributed by atoms with Crippen LogP contribution in [0.5, 0.6) is 0 Å². The van der Waals surface area contributed by atoms with E-state index in [9.17, 15) is 8.42 Å². The van der Waals surface area contributed by atoms with Crippen molar-refractivity contribution in [3.8, 4) is 0 Å². The highest BCUT2D eigenvalue weighted by molar-refractivity contribution is 7.89. The van der Waals surface area contributed by atoms with Crippen LogP contribution in [0.15, 0.2) is 65.6 Å². The van der Waals surface area contributed by atoms with Gasteiger partial charge in [0.25, 0.3) is 0 Å². The molecule has 0 spiro atoms. The van der Waals surface area contributed by atoms with Gasteiger partial charge in [-0.3, -0.25) is 0 Å². The highest BCUT2D eigenvalue weighted by atomic mass is 35.5. The molecule has 1 aliphatic carbocycles. The molecule has 0 amide bonds. The third-order valence-corrected chi connectivity index (χ3v) is 6.71. The van der Waals surface area contributed by atoms with Gasteiger partial charge >= 0.3 is 0 Å². The Morgan fingerprint density at radius 3 is 2.15 bits per heavy atom. The van der Waals surface area contributed by atoms with Crippen LogP contribution in [0.3, 0.4) is 0 Å². The Morgan fingerprint density at radius 2 is 1.54 bits per heavy atom. The predicted molar refractivity (Wildman–Crippen MR) is 104 cm³/mol. The summed E-state index contributed by atoms with van der Waals surface area (Å²) in [4.78, 5) is 1.40. The van der Waals surface area contributed by atoms with E-state index in [1.165, 1.54) is 22.6 Å². The van der Waals surface area contributed by atoms with Gasteiger partial charge in [0.1, 0.15) is 12.1 Å². The maximum atomic E-state index is 13.0. The summed E-state index contributed by atoms with van der Waals surface area (Å²) >= 11 is 5.89. The lowest BCUT2D eigenvalue weighted by Gasteiger charge is -2.25. The van der Waals surface area contributed by atoms with Crippen molar-refractivity contribution in [2.45, 2.75) is 17.0 Å². The fourth-order valence-electron chi connectivity index (χ4n) is 3.90. The van der Waals surface area contributed by atoms with Gasteiger partial charge in [0.2, 0.25) is 10.0 Å². The largest absolute Gasteiger partial charge is 0.332 e. The molecular formula is C20H20ClN2O2S+. The molecular weight excluding hydrogens is 368 g/mol. The quantitative estimate of drug-likeness (QED) is 0.723. The fraction of sp³-hybridized carbons (Fsp3) is 0.200. The first kappa shape index (κ1) is 17.5. The zero-order valence-corrected chi connectivity index (χ0v) is 16.1. The van der Waals surface area contributed by atoms with Crippen LogP contribution < -0.4 is 9.62 Å². The molecule has 4 nitrogen and oxygen atoms in total. The van der Waals surface area contributed by atoms with E-state index < -0.39 is 10.0 Å². The summed E-state index contributed by atoms with van der Waals surface area (Å²) in [5.74, 6) is 0. The number of sulfonamides is 1. The Balaban J connectivity index is 1.81. The van der Waals surface area contributed by atoms with Gasteiger partial charge in [-0.15, -0.1) is 0 Å². The lowest BCUT2D eigenvalue weighted by molar-refractivity contribution is -0.894. The van der Waals surface area contributed by atoms with Crippen LogP contribution in [0.4, 0.5) is 0 Å². The number of hydrogen-bond acceptors (Lipinski definition) is 2. The average molecular weight is 388 g/mol. The lowest BCUT2D eigenvalue weighted by Crippen LogP contribution is -3.06. The summed E-state index contributed by atoms with van der Waals surface area (Å²) < 4.78 is 28.9. The summed E-state index contributed by atoms with van der Waals surface area (Å²) in [6, 6.07) is 18.2. The third kappa shape index (κ3) is 2.81.